The van der Waals surface area contributed by atoms with Crippen LogP contribution in [-0.4, -0.2) is 26.2 Å². The van der Waals surface area contributed by atoms with Gasteiger partial charge in [0.25, 0.3) is 0 Å². The number of alkyl halides is 2. The molecule has 0 heterocycles. The SMILES string of the molecule is O=C(OCC1c2ccccc2-c2ccccc21)C(F)(F)S(=O)(=O)OS(c1ccccc1)(c1ccccc1)c1ccccc1. The van der Waals surface area contributed by atoms with E-state index >= 15 is 8.78 Å². The van der Waals surface area contributed by atoms with Crippen molar-refractivity contribution in [3.8, 4) is 11.1 Å². The topological polar surface area (TPSA) is 69.7 Å². The van der Waals surface area contributed by atoms with E-state index in [1.54, 1.807) is 91.0 Å². The molecule has 0 N–H and O–H groups in total. The van der Waals surface area contributed by atoms with E-state index in [-0.39, 0.29) is 0 Å². The largest absolute Gasteiger partial charge is 0.466 e. The molecule has 0 spiro atoms. The quantitative estimate of drug-likeness (QED) is 0.156. The van der Waals surface area contributed by atoms with Crippen LogP contribution in [0.4, 0.5) is 8.78 Å². The lowest BCUT2D eigenvalue weighted by Crippen LogP contribution is -2.41. The van der Waals surface area contributed by atoms with Crippen LogP contribution in [0.5, 0.6) is 0 Å². The lowest BCUT2D eigenvalue weighted by molar-refractivity contribution is -0.161. The van der Waals surface area contributed by atoms with Gasteiger partial charge >= 0.3 is 21.3 Å². The minimum atomic E-state index is -5.90. The first-order chi connectivity index (χ1) is 20.8. The van der Waals surface area contributed by atoms with E-state index in [4.69, 9.17) is 8.37 Å². The zero-order chi connectivity index (χ0) is 30.1. The first-order valence-electron chi connectivity index (χ1n) is 13.4. The van der Waals surface area contributed by atoms with E-state index < -0.39 is 44.2 Å². The summed E-state index contributed by atoms with van der Waals surface area (Å²) < 4.78 is 69.4. The molecule has 0 saturated heterocycles. The monoisotopic (exact) mass is 616 g/mol. The summed E-state index contributed by atoms with van der Waals surface area (Å²) in [5.41, 5.74) is 3.42. The standard InChI is InChI=1S/C34H26F2O5S2/c35-34(36,33(37)40-24-32-30-22-12-10-20-28(30)29-21-11-13-23-31(29)32)43(38,39)41-42(25-14-4-1-5-15-25,26-16-6-2-7-17-26)27-18-8-3-9-19-27/h1-23,32H,24H2. The fourth-order valence-corrected chi connectivity index (χ4v) is 10.4. The van der Waals surface area contributed by atoms with Crippen molar-refractivity contribution >= 4 is 26.4 Å². The van der Waals surface area contributed by atoms with Gasteiger partial charge in [-0.2, -0.15) is 17.2 Å². The summed E-state index contributed by atoms with van der Waals surface area (Å²) in [5.74, 6) is -2.73. The highest BCUT2D eigenvalue weighted by Crippen LogP contribution is 2.70. The highest BCUT2D eigenvalue weighted by Gasteiger charge is 2.59. The van der Waals surface area contributed by atoms with Crippen LogP contribution >= 0.6 is 10.3 Å². The van der Waals surface area contributed by atoms with Crippen molar-refractivity contribution in [3.05, 3.63) is 151 Å². The van der Waals surface area contributed by atoms with Gasteiger partial charge in [-0.1, -0.05) is 103 Å². The predicted octanol–water partition coefficient (Wildman–Crippen LogP) is 8.18. The van der Waals surface area contributed by atoms with E-state index in [0.717, 1.165) is 22.3 Å². The molecule has 0 fully saturated rings. The first-order valence-corrected chi connectivity index (χ1v) is 16.4. The summed E-state index contributed by atoms with van der Waals surface area (Å²) in [7, 11) is -9.19. The smallest absolute Gasteiger partial charge is 0.459 e. The van der Waals surface area contributed by atoms with Gasteiger partial charge < -0.3 is 4.74 Å². The van der Waals surface area contributed by atoms with Crippen molar-refractivity contribution in [2.24, 2.45) is 0 Å². The molecule has 0 atom stereocenters. The molecule has 218 valence electrons. The second kappa shape index (κ2) is 11.4. The van der Waals surface area contributed by atoms with Crippen LogP contribution < -0.4 is 0 Å². The Labute approximate surface area is 250 Å². The van der Waals surface area contributed by atoms with Crippen LogP contribution in [0.1, 0.15) is 17.0 Å². The summed E-state index contributed by atoms with van der Waals surface area (Å²) in [6.07, 6.45) is 0. The molecule has 5 nitrogen and oxygen atoms in total. The van der Waals surface area contributed by atoms with Gasteiger partial charge in [-0.3, -0.25) is 0 Å². The number of rotatable bonds is 9. The molecule has 43 heavy (non-hydrogen) atoms. The Morgan fingerprint density at radius 3 is 1.40 bits per heavy atom. The Morgan fingerprint density at radius 2 is 0.977 bits per heavy atom. The first kappa shape index (κ1) is 28.8. The highest BCUT2D eigenvalue weighted by molar-refractivity contribution is 8.33. The molecule has 0 radical (unpaired) electrons. The molecule has 1 aliphatic carbocycles. The van der Waals surface area contributed by atoms with Crippen molar-refractivity contribution in [3.63, 3.8) is 0 Å². The summed E-state index contributed by atoms with van der Waals surface area (Å²) in [5, 5.41) is -5.00. The summed E-state index contributed by atoms with van der Waals surface area (Å²) >= 11 is 0. The van der Waals surface area contributed by atoms with Crippen LogP contribution in [0.15, 0.2) is 154 Å². The molecule has 0 saturated carbocycles. The van der Waals surface area contributed by atoms with Gasteiger partial charge in [-0.05, 0) is 69.0 Å². The minimum absolute atomic E-state index is 0.360. The number of ether oxygens (including phenoxy) is 1. The number of carbonyl (C=O) groups excluding carboxylic acids is 1. The zero-order valence-corrected chi connectivity index (χ0v) is 24.3. The number of carbonyl (C=O) groups is 1. The third-order valence-corrected chi connectivity index (χ3v) is 12.4. The Hall–Kier alpha value is -4.31. The summed E-state index contributed by atoms with van der Waals surface area (Å²) in [6.45, 7) is -0.466. The van der Waals surface area contributed by atoms with Crippen molar-refractivity contribution < 1.29 is 30.4 Å². The van der Waals surface area contributed by atoms with E-state index in [9.17, 15) is 13.2 Å². The predicted molar refractivity (Wildman–Crippen MR) is 161 cm³/mol. The lowest BCUT2D eigenvalue weighted by Gasteiger charge is -2.39. The van der Waals surface area contributed by atoms with Crippen molar-refractivity contribution in [1.29, 1.82) is 0 Å². The third kappa shape index (κ3) is 5.03. The van der Waals surface area contributed by atoms with Crippen molar-refractivity contribution in [2.75, 3.05) is 6.61 Å². The van der Waals surface area contributed by atoms with Crippen LogP contribution in [0.3, 0.4) is 0 Å². The van der Waals surface area contributed by atoms with Crippen molar-refractivity contribution in [2.45, 2.75) is 25.9 Å². The molecule has 5 aromatic carbocycles. The number of halogens is 2. The van der Waals surface area contributed by atoms with Crippen LogP contribution in [-0.2, 0) is 23.3 Å². The van der Waals surface area contributed by atoms with Crippen LogP contribution in [0, 0.1) is 0 Å². The van der Waals surface area contributed by atoms with Gasteiger partial charge in [0.05, 0.1) is 0 Å². The second-order valence-corrected chi connectivity index (χ2v) is 14.4. The van der Waals surface area contributed by atoms with Crippen LogP contribution in [0.2, 0.25) is 0 Å². The fraction of sp³-hybridized carbons (Fsp3) is 0.0882. The number of hydrogen-bond donors (Lipinski definition) is 0. The van der Waals surface area contributed by atoms with E-state index in [2.05, 4.69) is 0 Å². The molecular formula is C34H26F2O5S2. The molecule has 0 unspecified atom stereocenters. The summed E-state index contributed by atoms with van der Waals surface area (Å²) in [4.78, 5) is 14.0. The number of fused-ring (bicyclic) bond motifs is 3. The number of hydrogen-bond acceptors (Lipinski definition) is 5. The number of esters is 1. The van der Waals surface area contributed by atoms with Gasteiger partial charge in [0, 0.05) is 20.6 Å². The van der Waals surface area contributed by atoms with Crippen LogP contribution in [0.25, 0.3) is 11.1 Å². The highest BCUT2D eigenvalue weighted by atomic mass is 32.3. The molecule has 5 aromatic rings. The maximum absolute atomic E-state index is 15.8. The Morgan fingerprint density at radius 1 is 0.605 bits per heavy atom. The van der Waals surface area contributed by atoms with Gasteiger partial charge in [-0.15, -0.1) is 0 Å². The average molecular weight is 617 g/mol. The van der Waals surface area contributed by atoms with Gasteiger partial charge in [-0.25, -0.2) is 8.42 Å². The maximum Gasteiger partial charge on any atom is 0.466 e. The molecule has 1 aliphatic rings. The van der Waals surface area contributed by atoms with E-state index in [1.165, 1.54) is 0 Å². The second-order valence-electron chi connectivity index (χ2n) is 9.86. The van der Waals surface area contributed by atoms with Gasteiger partial charge in [0.2, 0.25) is 0 Å². The van der Waals surface area contributed by atoms with Gasteiger partial charge in [0.15, 0.2) is 0 Å². The Bertz CT molecular complexity index is 1720. The fourth-order valence-electron chi connectivity index (χ4n) is 5.32. The molecule has 0 bridgehead atoms. The van der Waals surface area contributed by atoms with E-state index in [0.29, 0.717) is 14.7 Å². The molecule has 0 amide bonds. The third-order valence-electron chi connectivity index (χ3n) is 7.31. The molecule has 0 aromatic heterocycles. The van der Waals surface area contributed by atoms with E-state index in [1.807, 2.05) is 48.5 Å². The molecule has 6 rings (SSSR count). The maximum atomic E-state index is 15.8. The van der Waals surface area contributed by atoms with Crippen molar-refractivity contribution in [1.82, 2.24) is 0 Å². The minimum Gasteiger partial charge on any atom is -0.459 e. The molecular weight excluding hydrogens is 590 g/mol. The lowest BCUT2D eigenvalue weighted by atomic mass is 9.98. The average Bonchev–Trinajstić information content (AvgIpc) is 3.37. The summed E-state index contributed by atoms with van der Waals surface area (Å²) in [6, 6.07) is 39.8. The number of benzene rings is 5. The normalized spacial score (nSPS) is 13.6. The van der Waals surface area contributed by atoms with Gasteiger partial charge in [0.1, 0.15) is 6.61 Å². The Balaban J connectivity index is 1.35. The molecule has 0 aliphatic heterocycles. The zero-order valence-electron chi connectivity index (χ0n) is 22.7. The Kier molecular flexibility index (Phi) is 7.64. The molecule has 9 heteroatoms.